The highest BCUT2D eigenvalue weighted by Crippen LogP contribution is 2.27. The smallest absolute Gasteiger partial charge is 0.322 e. The first-order valence-electron chi connectivity index (χ1n) is 15.8. The summed E-state index contributed by atoms with van der Waals surface area (Å²) in [5.74, 6) is 6.17. The Kier molecular flexibility index (Phi) is 20.9. The van der Waals surface area contributed by atoms with Crippen molar-refractivity contribution in [2.75, 3.05) is 6.54 Å². The number of benzene rings is 1. The highest BCUT2D eigenvalue weighted by atomic mass is 16.4. The van der Waals surface area contributed by atoms with Crippen molar-refractivity contribution in [3.63, 3.8) is 0 Å². The van der Waals surface area contributed by atoms with Crippen molar-refractivity contribution < 1.29 is 14.7 Å². The van der Waals surface area contributed by atoms with Gasteiger partial charge in [0.15, 0.2) is 0 Å². The molecule has 0 saturated heterocycles. The van der Waals surface area contributed by atoms with Crippen molar-refractivity contribution >= 4 is 11.8 Å². The van der Waals surface area contributed by atoms with E-state index in [1.807, 2.05) is 30.3 Å². The molecule has 1 aliphatic rings. The Labute approximate surface area is 233 Å². The summed E-state index contributed by atoms with van der Waals surface area (Å²) in [5.41, 5.74) is 1.01. The number of ketones is 1. The van der Waals surface area contributed by atoms with Gasteiger partial charge in [-0.05, 0) is 31.2 Å². The van der Waals surface area contributed by atoms with Crippen LogP contribution in [0.2, 0.25) is 0 Å². The van der Waals surface area contributed by atoms with Crippen LogP contribution >= 0.6 is 0 Å². The molecule has 0 bridgehead atoms. The van der Waals surface area contributed by atoms with Crippen LogP contribution in [0.3, 0.4) is 0 Å². The Bertz CT molecular complexity index is 709. The van der Waals surface area contributed by atoms with Gasteiger partial charge >= 0.3 is 5.97 Å². The van der Waals surface area contributed by atoms with Gasteiger partial charge in [-0.25, -0.2) is 5.01 Å². The van der Waals surface area contributed by atoms with Crippen molar-refractivity contribution in [1.82, 2.24) is 5.01 Å². The van der Waals surface area contributed by atoms with Gasteiger partial charge in [-0.1, -0.05) is 140 Å². The van der Waals surface area contributed by atoms with Gasteiger partial charge < -0.3 is 5.11 Å². The average Bonchev–Trinajstić information content (AvgIpc) is 2.92. The number of aliphatic carboxylic acids is 1. The highest BCUT2D eigenvalue weighted by molar-refractivity contribution is 5.86. The minimum absolute atomic E-state index is 0.449. The first-order chi connectivity index (χ1) is 18.5. The van der Waals surface area contributed by atoms with Crippen LogP contribution < -0.4 is 5.84 Å². The molecule has 0 aliphatic heterocycles. The molecule has 1 aliphatic carbocycles. The molecule has 1 fully saturated rings. The summed E-state index contributed by atoms with van der Waals surface area (Å²) in [7, 11) is 0. The van der Waals surface area contributed by atoms with Crippen LogP contribution in [0.25, 0.3) is 0 Å². The van der Waals surface area contributed by atoms with E-state index in [0.29, 0.717) is 24.7 Å². The van der Waals surface area contributed by atoms with Crippen molar-refractivity contribution in [3.8, 4) is 0 Å². The summed E-state index contributed by atoms with van der Waals surface area (Å²) in [6, 6.07) is 9.04. The predicted octanol–water partition coefficient (Wildman–Crippen LogP) is 8.50. The van der Waals surface area contributed by atoms with Crippen molar-refractivity contribution in [2.24, 2.45) is 11.8 Å². The van der Waals surface area contributed by atoms with Crippen molar-refractivity contribution in [2.45, 2.75) is 148 Å². The Morgan fingerprint density at radius 1 is 0.842 bits per heavy atom. The van der Waals surface area contributed by atoms with Gasteiger partial charge in [0, 0.05) is 18.9 Å². The number of rotatable bonds is 22. The largest absolute Gasteiger partial charge is 0.480 e. The Morgan fingerprint density at radius 2 is 1.34 bits per heavy atom. The molecule has 2 rings (SSSR count). The highest BCUT2D eigenvalue weighted by Gasteiger charge is 2.26. The molecule has 3 N–H and O–H groups in total. The van der Waals surface area contributed by atoms with E-state index in [0.717, 1.165) is 24.8 Å². The molecule has 1 aromatic rings. The molecular formula is C33H58N2O3. The summed E-state index contributed by atoms with van der Waals surface area (Å²) in [4.78, 5) is 22.5. The van der Waals surface area contributed by atoms with E-state index in [-0.39, 0.29) is 0 Å². The van der Waals surface area contributed by atoms with E-state index in [9.17, 15) is 14.7 Å². The van der Waals surface area contributed by atoms with Crippen LogP contribution in [-0.4, -0.2) is 34.5 Å². The standard InChI is InChI=1S/C21H36N2O2.C12H22O/c1-2-3-4-5-6-7-8-9-10-14-17-23(22)20(21(24)25)18-19-15-12-11-13-16-19;1-2-3-4-5-6-7-8-11-9-10-12(11)13/h11-13,15-16,20H,2-10,14,17-18,22H2,1H3,(H,24,25);11H,2-10H2,1H3. The molecule has 0 radical (unpaired) electrons. The average molecular weight is 531 g/mol. The molecule has 0 amide bonds. The third kappa shape index (κ3) is 17.0. The van der Waals surface area contributed by atoms with Crippen LogP contribution in [0.1, 0.15) is 141 Å². The lowest BCUT2D eigenvalue weighted by atomic mass is 9.80. The predicted molar refractivity (Wildman–Crippen MR) is 160 cm³/mol. The fourth-order valence-corrected chi connectivity index (χ4v) is 5.06. The van der Waals surface area contributed by atoms with E-state index < -0.39 is 12.0 Å². The zero-order valence-corrected chi connectivity index (χ0v) is 24.7. The summed E-state index contributed by atoms with van der Waals surface area (Å²) >= 11 is 0. The number of carbonyl (C=O) groups excluding carboxylic acids is 1. The fourth-order valence-electron chi connectivity index (χ4n) is 5.06. The second-order valence-corrected chi connectivity index (χ2v) is 11.2. The maximum absolute atomic E-state index is 11.5. The topological polar surface area (TPSA) is 83.6 Å². The summed E-state index contributed by atoms with van der Waals surface area (Å²) in [6.07, 6.45) is 24.4. The molecule has 2 unspecified atom stereocenters. The number of nitrogens with zero attached hydrogens (tertiary/aromatic N) is 1. The van der Waals surface area contributed by atoms with Gasteiger partial charge in [0.25, 0.3) is 0 Å². The van der Waals surface area contributed by atoms with Gasteiger partial charge in [-0.2, -0.15) is 0 Å². The Morgan fingerprint density at radius 3 is 1.79 bits per heavy atom. The summed E-state index contributed by atoms with van der Waals surface area (Å²) in [6.45, 7) is 5.13. The molecular weight excluding hydrogens is 472 g/mol. The monoisotopic (exact) mass is 530 g/mol. The van der Waals surface area contributed by atoms with E-state index in [1.165, 1.54) is 108 Å². The molecule has 38 heavy (non-hydrogen) atoms. The van der Waals surface area contributed by atoms with Crippen molar-refractivity contribution in [1.29, 1.82) is 0 Å². The van der Waals surface area contributed by atoms with Crippen molar-refractivity contribution in [3.05, 3.63) is 35.9 Å². The number of hydrazine groups is 1. The number of unbranched alkanes of at least 4 members (excludes halogenated alkanes) is 14. The molecule has 5 nitrogen and oxygen atoms in total. The minimum Gasteiger partial charge on any atom is -0.480 e. The normalized spacial score (nSPS) is 15.6. The lowest BCUT2D eigenvalue weighted by Crippen LogP contribution is -2.47. The zero-order valence-electron chi connectivity index (χ0n) is 24.7. The lowest BCUT2D eigenvalue weighted by molar-refractivity contribution is -0.143. The van der Waals surface area contributed by atoms with Crippen LogP contribution in [0.5, 0.6) is 0 Å². The number of nitrogens with two attached hydrogens (primary N) is 1. The maximum Gasteiger partial charge on any atom is 0.322 e. The molecule has 1 aromatic carbocycles. The van der Waals surface area contributed by atoms with Crippen LogP contribution in [0.15, 0.2) is 30.3 Å². The number of Topliss-reactive ketones (excluding diaryl/α,β-unsaturated/α-hetero) is 1. The number of carboxylic acids is 1. The van der Waals surface area contributed by atoms with Gasteiger partial charge in [-0.15, -0.1) is 0 Å². The Hall–Kier alpha value is -1.72. The SMILES string of the molecule is CCCCCCCCC1CCC1=O.CCCCCCCCCCCCN(N)C(Cc1ccccc1)C(=O)O. The third-order valence-corrected chi connectivity index (χ3v) is 7.83. The van der Waals surface area contributed by atoms with Crippen LogP contribution in [0.4, 0.5) is 0 Å². The molecule has 5 heteroatoms. The van der Waals surface area contributed by atoms with Crippen LogP contribution in [-0.2, 0) is 16.0 Å². The second kappa shape index (κ2) is 23.2. The summed E-state index contributed by atoms with van der Waals surface area (Å²) in [5, 5.41) is 10.9. The Balaban J connectivity index is 0.000000464. The minimum atomic E-state index is -0.849. The number of carbonyl (C=O) groups is 2. The summed E-state index contributed by atoms with van der Waals surface area (Å²) < 4.78 is 0. The first kappa shape index (κ1) is 34.3. The number of carboxylic acid groups (broad SMARTS) is 1. The third-order valence-electron chi connectivity index (χ3n) is 7.83. The maximum atomic E-state index is 11.5. The van der Waals surface area contributed by atoms with Crippen LogP contribution in [0, 0.1) is 5.92 Å². The van der Waals surface area contributed by atoms with Gasteiger partial charge in [-0.3, -0.25) is 15.4 Å². The molecule has 0 spiro atoms. The van der Waals surface area contributed by atoms with E-state index >= 15 is 0 Å². The number of hydrogen-bond acceptors (Lipinski definition) is 4. The fraction of sp³-hybridized carbons (Fsp3) is 0.758. The second-order valence-electron chi connectivity index (χ2n) is 11.2. The number of hydrogen-bond donors (Lipinski definition) is 2. The van der Waals surface area contributed by atoms with Gasteiger partial charge in [0.05, 0.1) is 0 Å². The van der Waals surface area contributed by atoms with Gasteiger partial charge in [0.2, 0.25) is 0 Å². The van der Waals surface area contributed by atoms with E-state index in [2.05, 4.69) is 13.8 Å². The lowest BCUT2D eigenvalue weighted by Gasteiger charge is -2.24. The molecule has 0 heterocycles. The van der Waals surface area contributed by atoms with Gasteiger partial charge in [0.1, 0.15) is 11.8 Å². The van der Waals surface area contributed by atoms with E-state index in [4.69, 9.17) is 5.84 Å². The van der Waals surface area contributed by atoms with E-state index in [1.54, 1.807) is 0 Å². The first-order valence-corrected chi connectivity index (χ1v) is 15.8. The molecule has 1 saturated carbocycles. The quantitative estimate of drug-likeness (QED) is 0.0892. The molecule has 218 valence electrons. The molecule has 2 atom stereocenters. The zero-order chi connectivity index (χ0) is 27.8. The molecule has 0 aromatic heterocycles.